The number of hydrogen-bond acceptors (Lipinski definition) is 2. The van der Waals surface area contributed by atoms with E-state index in [2.05, 4.69) is 20.8 Å². The van der Waals surface area contributed by atoms with Gasteiger partial charge in [0.15, 0.2) is 0 Å². The van der Waals surface area contributed by atoms with Gasteiger partial charge in [0.1, 0.15) is 0 Å². The van der Waals surface area contributed by atoms with Crippen molar-refractivity contribution < 1.29 is 8.76 Å². The van der Waals surface area contributed by atoms with E-state index in [1.807, 2.05) is 24.3 Å². The fraction of sp³-hybridized carbons (Fsp3) is 0.455. The highest BCUT2D eigenvalue weighted by atomic mass is 32.2. The highest BCUT2D eigenvalue weighted by Gasteiger charge is 2.13. The fourth-order valence-corrected chi connectivity index (χ4v) is 1.72. The molecular weight excluding hydrogens is 196 g/mol. The van der Waals surface area contributed by atoms with Crippen LogP contribution < -0.4 is 0 Å². The predicted molar refractivity (Wildman–Crippen MR) is 57.8 cm³/mol. The third kappa shape index (κ3) is 3.24. The molecule has 0 saturated heterocycles. The molecule has 1 atom stereocenters. The fourth-order valence-electron chi connectivity index (χ4n) is 1.26. The summed E-state index contributed by atoms with van der Waals surface area (Å²) in [5.41, 5.74) is 2.09. The predicted octanol–water partition coefficient (Wildman–Crippen LogP) is 2.36. The molecule has 1 aromatic carbocycles. The molecule has 0 fully saturated rings. The molecular formula is C11H15O2S-. The van der Waals surface area contributed by atoms with Crippen molar-refractivity contribution in [2.45, 2.75) is 31.9 Å². The standard InChI is InChI=1S/C11H16O2S/c1-11(2,3)10-6-4-5-9(7-10)8-14(12)13/h4-7H,8H2,1-3H3,(H,12,13)/p-1. The molecule has 0 saturated carbocycles. The highest BCUT2D eigenvalue weighted by Crippen LogP contribution is 2.23. The number of rotatable bonds is 2. The van der Waals surface area contributed by atoms with Crippen molar-refractivity contribution in [2.75, 3.05) is 0 Å². The lowest BCUT2D eigenvalue weighted by atomic mass is 9.86. The van der Waals surface area contributed by atoms with Gasteiger partial charge >= 0.3 is 0 Å². The van der Waals surface area contributed by atoms with Crippen LogP contribution in [0.1, 0.15) is 31.9 Å². The lowest BCUT2D eigenvalue weighted by Crippen LogP contribution is -2.11. The van der Waals surface area contributed by atoms with E-state index in [9.17, 15) is 8.76 Å². The van der Waals surface area contributed by atoms with Gasteiger partial charge in [-0.15, -0.1) is 0 Å². The molecule has 0 aliphatic carbocycles. The van der Waals surface area contributed by atoms with Crippen LogP contribution in [0.25, 0.3) is 0 Å². The molecule has 1 rings (SSSR count). The van der Waals surface area contributed by atoms with Crippen molar-refractivity contribution in [3.63, 3.8) is 0 Å². The molecule has 0 aromatic heterocycles. The van der Waals surface area contributed by atoms with Gasteiger partial charge in [-0.05, 0) is 16.5 Å². The summed E-state index contributed by atoms with van der Waals surface area (Å²) < 4.78 is 21.1. The van der Waals surface area contributed by atoms with Crippen molar-refractivity contribution in [2.24, 2.45) is 0 Å². The van der Waals surface area contributed by atoms with Gasteiger partial charge in [0, 0.05) is 5.75 Å². The van der Waals surface area contributed by atoms with Crippen molar-refractivity contribution in [1.29, 1.82) is 0 Å². The molecule has 0 spiro atoms. The smallest absolute Gasteiger partial charge is 0.0353 e. The molecule has 1 aromatic rings. The maximum absolute atomic E-state index is 10.5. The molecule has 78 valence electrons. The first-order valence-electron chi connectivity index (χ1n) is 4.55. The highest BCUT2D eigenvalue weighted by molar-refractivity contribution is 7.78. The Morgan fingerprint density at radius 3 is 2.50 bits per heavy atom. The van der Waals surface area contributed by atoms with Crippen LogP contribution in [0.3, 0.4) is 0 Å². The van der Waals surface area contributed by atoms with E-state index < -0.39 is 11.1 Å². The summed E-state index contributed by atoms with van der Waals surface area (Å²) in [4.78, 5) is 0. The first kappa shape index (κ1) is 11.4. The Bertz CT molecular complexity index is 339. The Balaban J connectivity index is 2.95. The van der Waals surface area contributed by atoms with Crippen LogP contribution in [0.2, 0.25) is 0 Å². The molecule has 14 heavy (non-hydrogen) atoms. The minimum atomic E-state index is -2.00. The van der Waals surface area contributed by atoms with E-state index in [1.165, 1.54) is 5.56 Å². The van der Waals surface area contributed by atoms with Gasteiger partial charge in [-0.2, -0.15) is 0 Å². The van der Waals surface area contributed by atoms with Gasteiger partial charge in [0.05, 0.1) is 0 Å². The Morgan fingerprint density at radius 1 is 1.36 bits per heavy atom. The van der Waals surface area contributed by atoms with Gasteiger partial charge in [-0.1, -0.05) is 56.1 Å². The van der Waals surface area contributed by atoms with E-state index >= 15 is 0 Å². The summed E-state index contributed by atoms with van der Waals surface area (Å²) in [7, 11) is 0. The topological polar surface area (TPSA) is 40.1 Å². The SMILES string of the molecule is CC(C)(C)c1cccc(CS(=O)[O-])c1. The average Bonchev–Trinajstić information content (AvgIpc) is 2.01. The minimum absolute atomic E-state index is 0.0698. The van der Waals surface area contributed by atoms with Crippen LogP contribution >= 0.6 is 0 Å². The monoisotopic (exact) mass is 211 g/mol. The van der Waals surface area contributed by atoms with E-state index in [4.69, 9.17) is 0 Å². The van der Waals surface area contributed by atoms with E-state index in [1.54, 1.807) is 0 Å². The normalized spacial score (nSPS) is 14.0. The summed E-state index contributed by atoms with van der Waals surface area (Å²) in [6.07, 6.45) is 0. The quantitative estimate of drug-likeness (QED) is 0.704. The summed E-state index contributed by atoms with van der Waals surface area (Å²) in [6.45, 7) is 6.33. The molecule has 0 amide bonds. The second-order valence-electron chi connectivity index (χ2n) is 4.40. The third-order valence-electron chi connectivity index (χ3n) is 2.08. The van der Waals surface area contributed by atoms with Crippen molar-refractivity contribution in [3.05, 3.63) is 35.4 Å². The first-order chi connectivity index (χ1) is 6.39. The summed E-state index contributed by atoms with van der Waals surface area (Å²) in [5, 5.41) is 0. The van der Waals surface area contributed by atoms with Crippen molar-refractivity contribution in [1.82, 2.24) is 0 Å². The molecule has 0 heterocycles. The van der Waals surface area contributed by atoms with Gasteiger partial charge in [0.25, 0.3) is 0 Å². The van der Waals surface area contributed by atoms with Gasteiger partial charge in [-0.25, -0.2) is 0 Å². The third-order valence-corrected chi connectivity index (χ3v) is 2.65. The lowest BCUT2D eigenvalue weighted by Gasteiger charge is -2.20. The maximum Gasteiger partial charge on any atom is 0.0353 e. The van der Waals surface area contributed by atoms with Crippen LogP contribution in [-0.4, -0.2) is 8.76 Å². The summed E-state index contributed by atoms with van der Waals surface area (Å²) in [6, 6.07) is 7.72. The van der Waals surface area contributed by atoms with Crippen LogP contribution in [0, 0.1) is 0 Å². The number of hydrogen-bond donors (Lipinski definition) is 0. The zero-order valence-corrected chi connectivity index (χ0v) is 9.56. The minimum Gasteiger partial charge on any atom is -0.772 e. The van der Waals surface area contributed by atoms with E-state index in [-0.39, 0.29) is 11.2 Å². The average molecular weight is 211 g/mol. The Labute approximate surface area is 87.6 Å². The largest absolute Gasteiger partial charge is 0.772 e. The second kappa shape index (κ2) is 4.24. The molecule has 0 aliphatic heterocycles. The Hall–Kier alpha value is -0.670. The molecule has 0 radical (unpaired) electrons. The first-order valence-corrected chi connectivity index (χ1v) is 5.79. The number of benzene rings is 1. The van der Waals surface area contributed by atoms with Crippen molar-refractivity contribution in [3.8, 4) is 0 Å². The second-order valence-corrected chi connectivity index (χ2v) is 5.29. The molecule has 1 unspecified atom stereocenters. The molecule has 2 nitrogen and oxygen atoms in total. The molecule has 3 heteroatoms. The lowest BCUT2D eigenvalue weighted by molar-refractivity contribution is 0.536. The zero-order chi connectivity index (χ0) is 10.8. The van der Waals surface area contributed by atoms with Crippen LogP contribution in [0.15, 0.2) is 24.3 Å². The summed E-state index contributed by atoms with van der Waals surface area (Å²) in [5.74, 6) is 0.101. The Kier molecular flexibility index (Phi) is 3.45. The maximum atomic E-state index is 10.5. The molecule has 0 aliphatic rings. The van der Waals surface area contributed by atoms with Gasteiger partial charge in [-0.3, -0.25) is 4.21 Å². The van der Waals surface area contributed by atoms with Crippen LogP contribution in [0.5, 0.6) is 0 Å². The van der Waals surface area contributed by atoms with E-state index in [0.717, 1.165) is 5.56 Å². The van der Waals surface area contributed by atoms with Crippen LogP contribution in [-0.2, 0) is 22.2 Å². The van der Waals surface area contributed by atoms with Gasteiger partial charge in [0.2, 0.25) is 0 Å². The Morgan fingerprint density at radius 2 is 2.00 bits per heavy atom. The zero-order valence-electron chi connectivity index (χ0n) is 8.74. The molecule has 0 bridgehead atoms. The summed E-state index contributed by atoms with van der Waals surface area (Å²) >= 11 is -2.00. The molecule has 0 N–H and O–H groups in total. The van der Waals surface area contributed by atoms with Gasteiger partial charge < -0.3 is 4.55 Å². The van der Waals surface area contributed by atoms with E-state index in [0.29, 0.717) is 0 Å². The van der Waals surface area contributed by atoms with Crippen LogP contribution in [0.4, 0.5) is 0 Å². The van der Waals surface area contributed by atoms with Crippen molar-refractivity contribution >= 4 is 11.1 Å².